The first-order valence-electron chi connectivity index (χ1n) is 6.19. The fourth-order valence-electron chi connectivity index (χ4n) is 1.75. The molecule has 0 aliphatic heterocycles. The molecule has 0 saturated carbocycles. The Balaban J connectivity index is 0.000000982. The van der Waals surface area contributed by atoms with Crippen molar-refractivity contribution in [1.29, 1.82) is 0 Å². The Morgan fingerprint density at radius 3 is 2.21 bits per heavy atom. The topological polar surface area (TPSA) is 12.9 Å². The molecule has 0 unspecified atom stereocenters. The van der Waals surface area contributed by atoms with E-state index in [0.717, 1.165) is 23.4 Å². The predicted octanol–water partition coefficient (Wildman–Crippen LogP) is 5.81. The maximum atomic E-state index is 4.81. The molecule has 0 aromatic carbocycles. The molecule has 0 N–H and O–H groups in total. The van der Waals surface area contributed by atoms with Crippen LogP contribution < -0.4 is 0 Å². The first kappa shape index (κ1) is 19.6. The van der Waals surface area contributed by atoms with Crippen molar-refractivity contribution in [3.8, 4) is 0 Å². The minimum atomic E-state index is -0.106. The van der Waals surface area contributed by atoms with E-state index in [9.17, 15) is 0 Å². The van der Waals surface area contributed by atoms with Crippen molar-refractivity contribution in [2.75, 3.05) is 0 Å². The summed E-state index contributed by atoms with van der Waals surface area (Å²) in [6.07, 6.45) is 5.10. The third-order valence-corrected chi connectivity index (χ3v) is 5.46. The van der Waals surface area contributed by atoms with E-state index in [4.69, 9.17) is 19.1 Å². The number of aromatic nitrogens is 1. The number of allylic oxidation sites excluding steroid dienone is 1. The quantitative estimate of drug-likeness (QED) is 0.439. The van der Waals surface area contributed by atoms with Gasteiger partial charge in [-0.05, 0) is 23.5 Å². The second kappa shape index (κ2) is 12.3. The third-order valence-electron chi connectivity index (χ3n) is 2.52. The van der Waals surface area contributed by atoms with Gasteiger partial charge in [0.1, 0.15) is 0 Å². The van der Waals surface area contributed by atoms with E-state index in [1.54, 1.807) is 0 Å². The number of pyridine rings is 1. The summed E-state index contributed by atoms with van der Waals surface area (Å²) < 4.78 is 0. The van der Waals surface area contributed by atoms with Crippen molar-refractivity contribution in [3.05, 3.63) is 42.0 Å². The molecule has 0 fully saturated rings. The van der Waals surface area contributed by atoms with Crippen LogP contribution in [-0.4, -0.2) is 16.3 Å². The van der Waals surface area contributed by atoms with Crippen LogP contribution in [0.25, 0.3) is 0 Å². The number of rotatable bonds is 5. The third kappa shape index (κ3) is 10.0. The fourth-order valence-corrected chi connectivity index (χ4v) is 3.98. The summed E-state index contributed by atoms with van der Waals surface area (Å²) in [5, 5.41) is 0. The molecule has 0 spiro atoms. The Bertz CT molecular complexity index is 337. The van der Waals surface area contributed by atoms with Gasteiger partial charge in [-0.25, -0.2) is 0 Å². The average molecular weight is 413 g/mol. The van der Waals surface area contributed by atoms with Gasteiger partial charge in [-0.2, -0.15) is 0 Å². The summed E-state index contributed by atoms with van der Waals surface area (Å²) >= 11 is -0.106. The van der Waals surface area contributed by atoms with Gasteiger partial charge in [-0.3, -0.25) is 4.98 Å². The second-order valence-corrected chi connectivity index (χ2v) is 10.2. The van der Waals surface area contributed by atoms with Gasteiger partial charge < -0.3 is 0 Å². The van der Waals surface area contributed by atoms with Crippen LogP contribution in [0.4, 0.5) is 0 Å². The van der Waals surface area contributed by atoms with E-state index in [2.05, 4.69) is 50.6 Å². The van der Waals surface area contributed by atoms with Crippen LogP contribution in [0.3, 0.4) is 0 Å². The fraction of sp³-hybridized carbons (Fsp3) is 0.500. The Hall–Kier alpha value is 0.562. The molecule has 1 rings (SSSR count). The summed E-state index contributed by atoms with van der Waals surface area (Å²) in [7, 11) is 9.64. The Morgan fingerprint density at radius 2 is 1.79 bits per heavy atom. The SMILES string of the molecule is CC(C)P(C=CCc1ccccn1)C(C)C.[Cl][Pd][Cl]. The summed E-state index contributed by atoms with van der Waals surface area (Å²) in [4.78, 5) is 4.32. The molecule has 1 heterocycles. The standard InChI is InChI=1S/C14H22NP.2ClH.Pd/c1-12(2)16(13(3)4)11-7-9-14-8-5-6-10-15-14;;;/h5-8,10-13H,9H2,1-4H3;2*1H;/q;;;+2/p-2. The first-order valence-corrected chi connectivity index (χ1v) is 11.7. The van der Waals surface area contributed by atoms with E-state index in [1.165, 1.54) is 0 Å². The Morgan fingerprint density at radius 1 is 1.21 bits per heavy atom. The molecule has 19 heavy (non-hydrogen) atoms. The van der Waals surface area contributed by atoms with E-state index in [1.807, 2.05) is 18.3 Å². The summed E-state index contributed by atoms with van der Waals surface area (Å²) in [5.74, 6) is 2.42. The Kier molecular flexibility index (Phi) is 12.7. The van der Waals surface area contributed by atoms with Gasteiger partial charge in [0.15, 0.2) is 0 Å². The zero-order valence-electron chi connectivity index (χ0n) is 11.8. The van der Waals surface area contributed by atoms with Gasteiger partial charge in [0.2, 0.25) is 0 Å². The van der Waals surface area contributed by atoms with Crippen molar-refractivity contribution in [1.82, 2.24) is 4.98 Å². The van der Waals surface area contributed by atoms with Crippen LogP contribution in [0.5, 0.6) is 0 Å². The molecule has 112 valence electrons. The summed E-state index contributed by atoms with van der Waals surface area (Å²) in [6, 6.07) is 6.09. The molecule has 0 aliphatic rings. The molecule has 5 heteroatoms. The van der Waals surface area contributed by atoms with E-state index in [-0.39, 0.29) is 23.9 Å². The van der Waals surface area contributed by atoms with Gasteiger partial charge in [0.05, 0.1) is 0 Å². The van der Waals surface area contributed by atoms with E-state index in [0.29, 0.717) is 0 Å². The second-order valence-electron chi connectivity index (χ2n) is 4.59. The van der Waals surface area contributed by atoms with Gasteiger partial charge in [-0.1, -0.05) is 53.6 Å². The van der Waals surface area contributed by atoms with Crippen molar-refractivity contribution in [2.24, 2.45) is 0 Å². The molecule has 1 nitrogen and oxygen atoms in total. The van der Waals surface area contributed by atoms with Crippen LogP contribution in [-0.2, 0) is 22.4 Å². The number of halogens is 2. The van der Waals surface area contributed by atoms with Crippen LogP contribution in [0, 0.1) is 0 Å². The zero-order valence-corrected chi connectivity index (χ0v) is 15.8. The summed E-state index contributed by atoms with van der Waals surface area (Å²) in [5.41, 5.74) is 2.70. The van der Waals surface area contributed by atoms with Crippen LogP contribution in [0.1, 0.15) is 33.4 Å². The molecule has 0 bridgehead atoms. The summed E-state index contributed by atoms with van der Waals surface area (Å²) in [6.45, 7) is 9.27. The van der Waals surface area contributed by atoms with Gasteiger partial charge in [-0.15, -0.1) is 0 Å². The maximum absolute atomic E-state index is 4.81. The van der Waals surface area contributed by atoms with E-state index < -0.39 is 0 Å². The molecular weight excluding hydrogens is 390 g/mol. The molecule has 0 radical (unpaired) electrons. The van der Waals surface area contributed by atoms with Crippen molar-refractivity contribution >= 4 is 27.0 Å². The van der Waals surface area contributed by atoms with Gasteiger partial charge >= 0.3 is 35.0 Å². The number of nitrogens with zero attached hydrogens (tertiary/aromatic N) is 1. The van der Waals surface area contributed by atoms with Crippen LogP contribution in [0.2, 0.25) is 0 Å². The van der Waals surface area contributed by atoms with Crippen LogP contribution >= 0.6 is 27.0 Å². The number of hydrogen-bond donors (Lipinski definition) is 0. The number of hydrogen-bond acceptors (Lipinski definition) is 1. The molecule has 1 aromatic rings. The van der Waals surface area contributed by atoms with Crippen molar-refractivity contribution in [3.63, 3.8) is 0 Å². The molecular formula is C14H22Cl2NPPd. The van der Waals surface area contributed by atoms with Gasteiger partial charge in [0.25, 0.3) is 0 Å². The van der Waals surface area contributed by atoms with Crippen molar-refractivity contribution in [2.45, 2.75) is 45.4 Å². The first-order chi connectivity index (χ1) is 9.02. The molecule has 1 aromatic heterocycles. The van der Waals surface area contributed by atoms with Crippen LogP contribution in [0.15, 0.2) is 36.3 Å². The Labute approximate surface area is 135 Å². The molecule has 0 amide bonds. The molecule has 0 aliphatic carbocycles. The molecule has 0 atom stereocenters. The molecule has 0 saturated heterocycles. The minimum absolute atomic E-state index is 0.0168. The monoisotopic (exact) mass is 411 g/mol. The van der Waals surface area contributed by atoms with Crippen molar-refractivity contribution < 1.29 is 15.9 Å². The zero-order chi connectivity index (χ0) is 14.7. The average Bonchev–Trinajstić information content (AvgIpc) is 2.36. The van der Waals surface area contributed by atoms with Gasteiger partial charge in [0, 0.05) is 18.3 Å². The predicted molar refractivity (Wildman–Crippen MR) is 86.0 cm³/mol. The normalized spacial score (nSPS) is 11.4. The van der Waals surface area contributed by atoms with E-state index >= 15 is 0 Å².